The molecule has 4 aliphatic rings. The number of aromatic nitrogens is 1. The van der Waals surface area contributed by atoms with Gasteiger partial charge in [0.15, 0.2) is 0 Å². The van der Waals surface area contributed by atoms with Gasteiger partial charge in [0.05, 0.1) is 22.8 Å². The maximum Gasteiger partial charge on any atom is 0.322 e. The van der Waals surface area contributed by atoms with Gasteiger partial charge >= 0.3 is 6.03 Å². The highest BCUT2D eigenvalue weighted by Gasteiger charge is 2.44. The summed E-state index contributed by atoms with van der Waals surface area (Å²) in [6.45, 7) is 0.394. The van der Waals surface area contributed by atoms with E-state index in [1.54, 1.807) is 0 Å². The Bertz CT molecular complexity index is 1450. The standard InChI is InChI=1S/C33H35Cl2N3O3/c34-28-10-5-11-29(35)30(28)31-27(32(41-37-31)21-12-13-21)19-40-26-17-24-14-15-25(18-26)38(24)33(39)36-23-9-4-8-22(16-23)20-6-2-1-3-7-20/h4-6,8-11,16,21,24-26H,1-3,7,12-15,17-19H2,(H,36,39). The minimum atomic E-state index is -0.00331. The van der Waals surface area contributed by atoms with Gasteiger partial charge in [0, 0.05) is 34.8 Å². The number of allylic oxidation sites excluding steroid dienone is 2. The number of hydrogen-bond donors (Lipinski definition) is 1. The Balaban J connectivity index is 1.02. The molecule has 3 aromatic rings. The zero-order valence-corrected chi connectivity index (χ0v) is 24.6. The Morgan fingerprint density at radius 2 is 1.78 bits per heavy atom. The Labute approximate surface area is 251 Å². The molecule has 2 unspecified atom stereocenters. The first-order chi connectivity index (χ1) is 20.0. The van der Waals surface area contributed by atoms with E-state index in [1.807, 2.05) is 30.3 Å². The van der Waals surface area contributed by atoms with Crippen LogP contribution < -0.4 is 5.32 Å². The van der Waals surface area contributed by atoms with Gasteiger partial charge in [-0.1, -0.05) is 52.6 Å². The number of benzene rings is 2. The summed E-state index contributed by atoms with van der Waals surface area (Å²) in [6, 6.07) is 14.1. The molecule has 0 spiro atoms. The Morgan fingerprint density at radius 1 is 1.02 bits per heavy atom. The average Bonchev–Trinajstić information content (AvgIpc) is 3.68. The second-order valence-corrected chi connectivity index (χ2v) is 12.7. The van der Waals surface area contributed by atoms with Crippen molar-refractivity contribution in [2.75, 3.05) is 5.32 Å². The molecular formula is C33H35Cl2N3O3. The van der Waals surface area contributed by atoms with E-state index in [-0.39, 0.29) is 24.2 Å². The Kier molecular flexibility index (Phi) is 7.57. The van der Waals surface area contributed by atoms with Gasteiger partial charge < -0.3 is 19.5 Å². The topological polar surface area (TPSA) is 67.6 Å². The highest BCUT2D eigenvalue weighted by Crippen LogP contribution is 2.46. The molecule has 1 N–H and O–H groups in total. The summed E-state index contributed by atoms with van der Waals surface area (Å²) >= 11 is 13.1. The number of ether oxygens (including phenoxy) is 1. The van der Waals surface area contributed by atoms with E-state index in [2.05, 4.69) is 33.6 Å². The Hall–Kier alpha value is -2.80. The third-order valence-corrected chi connectivity index (χ3v) is 9.76. The molecule has 1 aromatic heterocycles. The fraction of sp³-hybridized carbons (Fsp3) is 0.455. The van der Waals surface area contributed by atoms with Crippen molar-refractivity contribution < 1.29 is 14.1 Å². The number of fused-ring (bicyclic) bond motifs is 2. The predicted molar refractivity (Wildman–Crippen MR) is 162 cm³/mol. The van der Waals surface area contributed by atoms with Crippen molar-refractivity contribution in [3.8, 4) is 11.3 Å². The molecule has 8 heteroatoms. The zero-order valence-electron chi connectivity index (χ0n) is 23.1. The number of piperidine rings is 1. The number of carbonyl (C=O) groups is 1. The summed E-state index contributed by atoms with van der Waals surface area (Å²) in [4.78, 5) is 15.5. The summed E-state index contributed by atoms with van der Waals surface area (Å²) in [7, 11) is 0. The molecule has 3 fully saturated rings. The van der Waals surface area contributed by atoms with E-state index in [0.29, 0.717) is 33.8 Å². The van der Waals surface area contributed by atoms with Gasteiger partial charge in [-0.15, -0.1) is 0 Å². The van der Waals surface area contributed by atoms with Gasteiger partial charge in [0.25, 0.3) is 0 Å². The van der Waals surface area contributed by atoms with Crippen LogP contribution in [-0.2, 0) is 11.3 Å². The summed E-state index contributed by atoms with van der Waals surface area (Å²) < 4.78 is 12.4. The minimum Gasteiger partial charge on any atom is -0.373 e. The van der Waals surface area contributed by atoms with Crippen molar-refractivity contribution in [1.29, 1.82) is 0 Å². The van der Waals surface area contributed by atoms with Crippen LogP contribution in [0.25, 0.3) is 16.8 Å². The zero-order chi connectivity index (χ0) is 27.9. The molecule has 2 atom stereocenters. The third kappa shape index (κ3) is 5.54. The van der Waals surface area contributed by atoms with Gasteiger partial charge in [-0.2, -0.15) is 0 Å². The van der Waals surface area contributed by atoms with Crippen LogP contribution in [0, 0.1) is 0 Å². The number of amides is 2. The number of nitrogens with one attached hydrogen (secondary N) is 1. The molecule has 7 rings (SSSR count). The maximum atomic E-state index is 13.5. The first-order valence-electron chi connectivity index (χ1n) is 15.0. The van der Waals surface area contributed by atoms with Gasteiger partial charge in [0.2, 0.25) is 0 Å². The van der Waals surface area contributed by atoms with Crippen LogP contribution in [0.2, 0.25) is 10.0 Å². The van der Waals surface area contributed by atoms with Crippen LogP contribution in [0.5, 0.6) is 0 Å². The quantitative estimate of drug-likeness (QED) is 0.297. The summed E-state index contributed by atoms with van der Waals surface area (Å²) in [6.07, 6.45) is 13.0. The molecular weight excluding hydrogens is 557 g/mol. The number of urea groups is 1. The number of hydrogen-bond acceptors (Lipinski definition) is 4. The molecule has 2 saturated heterocycles. The minimum absolute atomic E-state index is 0.00331. The van der Waals surface area contributed by atoms with Crippen LogP contribution in [0.1, 0.15) is 87.0 Å². The van der Waals surface area contributed by atoms with E-state index in [4.69, 9.17) is 32.5 Å². The SMILES string of the molecule is O=C(Nc1cccc(C2=CCCCC2)c1)N1C2CCC1CC(OCc1c(-c3c(Cl)cccc3Cl)noc1C1CC1)C2. The molecule has 3 heterocycles. The number of carbonyl (C=O) groups excluding carboxylic acids is 1. The number of nitrogens with zero attached hydrogens (tertiary/aromatic N) is 2. The van der Waals surface area contributed by atoms with Gasteiger partial charge in [-0.3, -0.25) is 0 Å². The smallest absolute Gasteiger partial charge is 0.322 e. The Morgan fingerprint density at radius 3 is 2.49 bits per heavy atom. The second-order valence-electron chi connectivity index (χ2n) is 11.9. The summed E-state index contributed by atoms with van der Waals surface area (Å²) in [5.74, 6) is 1.27. The maximum absolute atomic E-state index is 13.5. The van der Waals surface area contributed by atoms with Crippen molar-refractivity contribution in [2.24, 2.45) is 0 Å². The lowest BCUT2D eigenvalue weighted by Gasteiger charge is -2.38. The molecule has 0 radical (unpaired) electrons. The lowest BCUT2D eigenvalue weighted by molar-refractivity contribution is -0.0158. The highest BCUT2D eigenvalue weighted by molar-refractivity contribution is 6.39. The van der Waals surface area contributed by atoms with E-state index < -0.39 is 0 Å². The lowest BCUT2D eigenvalue weighted by atomic mass is 9.93. The van der Waals surface area contributed by atoms with Gasteiger partial charge in [-0.25, -0.2) is 4.79 Å². The monoisotopic (exact) mass is 591 g/mol. The molecule has 2 aromatic carbocycles. The molecule has 2 aliphatic heterocycles. The van der Waals surface area contributed by atoms with E-state index in [0.717, 1.165) is 68.4 Å². The second kappa shape index (κ2) is 11.5. The molecule has 1 saturated carbocycles. The fourth-order valence-corrected chi connectivity index (χ4v) is 7.51. The highest BCUT2D eigenvalue weighted by atomic mass is 35.5. The molecule has 2 aliphatic carbocycles. The molecule has 6 nitrogen and oxygen atoms in total. The van der Waals surface area contributed by atoms with Crippen LogP contribution in [0.3, 0.4) is 0 Å². The molecule has 214 valence electrons. The van der Waals surface area contributed by atoms with Crippen LogP contribution in [0.15, 0.2) is 53.1 Å². The van der Waals surface area contributed by atoms with Crippen molar-refractivity contribution in [3.05, 3.63) is 75.5 Å². The predicted octanol–water partition coefficient (Wildman–Crippen LogP) is 9.23. The third-order valence-electron chi connectivity index (χ3n) is 9.13. The van der Waals surface area contributed by atoms with E-state index in [9.17, 15) is 4.79 Å². The van der Waals surface area contributed by atoms with Crippen LogP contribution in [-0.4, -0.2) is 34.3 Å². The largest absolute Gasteiger partial charge is 0.373 e. The first-order valence-corrected chi connectivity index (χ1v) is 15.7. The normalized spacial score (nSPS) is 23.9. The van der Waals surface area contributed by atoms with Gasteiger partial charge in [-0.05, 0) is 99.6 Å². The number of halogens is 2. The first kappa shape index (κ1) is 27.1. The van der Waals surface area contributed by atoms with Gasteiger partial charge in [0.1, 0.15) is 11.5 Å². The fourth-order valence-electron chi connectivity index (χ4n) is 6.93. The molecule has 2 amide bonds. The van der Waals surface area contributed by atoms with Crippen molar-refractivity contribution in [1.82, 2.24) is 10.1 Å². The van der Waals surface area contributed by atoms with Crippen LogP contribution >= 0.6 is 23.2 Å². The van der Waals surface area contributed by atoms with Crippen molar-refractivity contribution >= 4 is 40.5 Å². The van der Waals surface area contributed by atoms with Crippen LogP contribution in [0.4, 0.5) is 10.5 Å². The lowest BCUT2D eigenvalue weighted by Crippen LogP contribution is -2.50. The van der Waals surface area contributed by atoms with Crippen molar-refractivity contribution in [2.45, 2.75) is 94.9 Å². The molecule has 2 bridgehead atoms. The summed E-state index contributed by atoms with van der Waals surface area (Å²) in [5, 5.41) is 8.69. The van der Waals surface area contributed by atoms with E-state index >= 15 is 0 Å². The molecule has 41 heavy (non-hydrogen) atoms. The number of anilines is 1. The average molecular weight is 593 g/mol. The van der Waals surface area contributed by atoms with E-state index in [1.165, 1.54) is 24.0 Å². The van der Waals surface area contributed by atoms with Crippen molar-refractivity contribution in [3.63, 3.8) is 0 Å². The number of rotatable bonds is 7. The summed E-state index contributed by atoms with van der Waals surface area (Å²) in [5.41, 5.74) is 5.79.